The van der Waals surface area contributed by atoms with Crippen LogP contribution in [0.15, 0.2) is 96.7 Å². The van der Waals surface area contributed by atoms with Crippen LogP contribution < -0.4 is 0 Å². The van der Waals surface area contributed by atoms with Gasteiger partial charge in [0.05, 0.1) is 11.6 Å². The Morgan fingerprint density at radius 1 is 0.889 bits per heavy atom. The molecule has 2 bridgehead atoms. The Labute approximate surface area is 211 Å². The molecule has 2 unspecified atom stereocenters. The number of hydrogen-bond acceptors (Lipinski definition) is 3. The number of carbonyl (C=O) groups excluding carboxylic acids is 1. The van der Waals surface area contributed by atoms with E-state index in [2.05, 4.69) is 83.9 Å². The second-order valence-corrected chi connectivity index (χ2v) is 10.2. The van der Waals surface area contributed by atoms with Gasteiger partial charge in [0.25, 0.3) is 0 Å². The molecule has 1 aliphatic carbocycles. The van der Waals surface area contributed by atoms with Gasteiger partial charge in [-0.05, 0) is 59.6 Å². The molecular weight excluding hydrogens is 444 g/mol. The van der Waals surface area contributed by atoms with Gasteiger partial charge in [0.1, 0.15) is 6.61 Å². The molecule has 1 amide bonds. The fourth-order valence-electron chi connectivity index (χ4n) is 6.56. The van der Waals surface area contributed by atoms with Gasteiger partial charge >= 0.3 is 6.09 Å². The summed E-state index contributed by atoms with van der Waals surface area (Å²) in [5, 5.41) is 1.18. The fraction of sp³-hybridized carbons (Fsp3) is 0.250. The highest BCUT2D eigenvalue weighted by Crippen LogP contribution is 2.45. The van der Waals surface area contributed by atoms with Gasteiger partial charge in [0.15, 0.2) is 0 Å². The molecule has 2 atom stereocenters. The van der Waals surface area contributed by atoms with Gasteiger partial charge < -0.3 is 4.74 Å². The Morgan fingerprint density at radius 3 is 2.42 bits per heavy atom. The Kier molecular flexibility index (Phi) is 5.12. The zero-order valence-electron chi connectivity index (χ0n) is 20.1. The molecule has 36 heavy (non-hydrogen) atoms. The third kappa shape index (κ3) is 3.51. The van der Waals surface area contributed by atoms with Gasteiger partial charge in [-0.15, -0.1) is 0 Å². The molecule has 3 aliphatic rings. The summed E-state index contributed by atoms with van der Waals surface area (Å²) in [7, 11) is 0. The van der Waals surface area contributed by atoms with Crippen LogP contribution in [0, 0.1) is 0 Å². The normalized spacial score (nSPS) is 20.2. The average molecular weight is 473 g/mol. The Balaban J connectivity index is 1.08. The van der Waals surface area contributed by atoms with Gasteiger partial charge in [-0.2, -0.15) is 0 Å². The van der Waals surface area contributed by atoms with E-state index < -0.39 is 0 Å². The zero-order valence-corrected chi connectivity index (χ0v) is 20.1. The van der Waals surface area contributed by atoms with Crippen molar-refractivity contribution in [3.8, 4) is 11.1 Å². The number of aromatic nitrogens is 1. The summed E-state index contributed by atoms with van der Waals surface area (Å²) in [4.78, 5) is 20.0. The second-order valence-electron chi connectivity index (χ2n) is 10.2. The van der Waals surface area contributed by atoms with Crippen molar-refractivity contribution >= 4 is 17.0 Å². The van der Waals surface area contributed by atoms with Crippen LogP contribution in [-0.4, -0.2) is 34.7 Å². The molecule has 1 saturated heterocycles. The van der Waals surface area contributed by atoms with E-state index in [-0.39, 0.29) is 24.1 Å². The predicted molar refractivity (Wildman–Crippen MR) is 142 cm³/mol. The molecule has 0 saturated carbocycles. The van der Waals surface area contributed by atoms with Crippen molar-refractivity contribution in [2.75, 3.05) is 6.61 Å². The summed E-state index contributed by atoms with van der Waals surface area (Å²) in [6.45, 7) is 0.376. The number of benzene rings is 3. The van der Waals surface area contributed by atoms with Crippen molar-refractivity contribution in [1.29, 1.82) is 0 Å². The maximum absolute atomic E-state index is 13.3. The smallest absolute Gasteiger partial charge is 0.410 e. The first-order valence-electron chi connectivity index (χ1n) is 12.9. The maximum Gasteiger partial charge on any atom is 0.410 e. The summed E-state index contributed by atoms with van der Waals surface area (Å²) in [5.74, 6) is 0.0914. The second kappa shape index (κ2) is 8.63. The van der Waals surface area contributed by atoms with Gasteiger partial charge in [-0.3, -0.25) is 9.88 Å². The average Bonchev–Trinajstić information content (AvgIpc) is 3.38. The number of para-hydroxylation sites is 1. The minimum Gasteiger partial charge on any atom is -0.448 e. The summed E-state index contributed by atoms with van der Waals surface area (Å²) in [6, 6.07) is 27.8. The molecule has 178 valence electrons. The van der Waals surface area contributed by atoms with E-state index in [9.17, 15) is 4.79 Å². The third-order valence-corrected chi connectivity index (χ3v) is 8.15. The van der Waals surface area contributed by atoms with E-state index in [1.54, 1.807) is 0 Å². The van der Waals surface area contributed by atoms with Crippen LogP contribution in [0.1, 0.15) is 41.9 Å². The van der Waals surface area contributed by atoms with Gasteiger partial charge in [-0.1, -0.05) is 84.4 Å². The molecule has 0 radical (unpaired) electrons. The predicted octanol–water partition coefficient (Wildman–Crippen LogP) is 6.89. The maximum atomic E-state index is 13.3. The lowest BCUT2D eigenvalue weighted by Gasteiger charge is -2.33. The van der Waals surface area contributed by atoms with Crippen LogP contribution in [0.2, 0.25) is 0 Å². The molecule has 0 N–H and O–H groups in total. The first-order valence-corrected chi connectivity index (χ1v) is 12.9. The summed E-state index contributed by atoms with van der Waals surface area (Å²) in [6.07, 6.45) is 7.83. The zero-order chi connectivity index (χ0) is 24.1. The lowest BCUT2D eigenvalue weighted by Crippen LogP contribution is -2.44. The van der Waals surface area contributed by atoms with Crippen molar-refractivity contribution in [3.63, 3.8) is 0 Å². The SMILES string of the molecule is O=C(OCC1c2ccccc2-c2ccccc21)N1C2C=C(Cc3cccc4cccnc34)CC1CC2. The molecule has 7 rings (SSSR count). The van der Waals surface area contributed by atoms with Crippen LogP contribution in [-0.2, 0) is 11.2 Å². The third-order valence-electron chi connectivity index (χ3n) is 8.15. The molecule has 4 aromatic rings. The molecule has 1 fully saturated rings. The van der Waals surface area contributed by atoms with E-state index in [1.807, 2.05) is 17.2 Å². The van der Waals surface area contributed by atoms with Crippen molar-refractivity contribution in [2.45, 2.75) is 43.7 Å². The lowest BCUT2D eigenvalue weighted by molar-refractivity contribution is 0.0849. The molecule has 3 heterocycles. The minimum atomic E-state index is -0.175. The number of hydrogen-bond donors (Lipinski definition) is 0. The standard InChI is InChI=1S/C32H28N2O2/c35-32(36-20-30-28-12-3-1-10-26(28)27-11-2-4-13-29(27)30)34-24-14-15-25(34)19-21(18-24)17-23-8-5-7-22-9-6-16-33-31(22)23/h1-13,16,18,24-25,30H,14-15,17,19-20H2. The number of carbonyl (C=O) groups is 1. The molecule has 3 aromatic carbocycles. The van der Waals surface area contributed by atoms with Crippen LogP contribution in [0.5, 0.6) is 0 Å². The minimum absolute atomic E-state index is 0.0914. The van der Waals surface area contributed by atoms with Crippen LogP contribution in [0.4, 0.5) is 4.79 Å². The van der Waals surface area contributed by atoms with Gasteiger partial charge in [0.2, 0.25) is 0 Å². The van der Waals surface area contributed by atoms with E-state index in [1.165, 1.54) is 38.8 Å². The first kappa shape index (κ1) is 21.4. The van der Waals surface area contributed by atoms with E-state index in [0.29, 0.717) is 6.61 Å². The lowest BCUT2D eigenvalue weighted by atomic mass is 9.94. The molecular formula is C32H28N2O2. The molecule has 4 heteroatoms. The fourth-order valence-corrected chi connectivity index (χ4v) is 6.56. The van der Waals surface area contributed by atoms with Crippen molar-refractivity contribution in [2.24, 2.45) is 0 Å². The number of fused-ring (bicyclic) bond motifs is 6. The van der Waals surface area contributed by atoms with Crippen LogP contribution >= 0.6 is 0 Å². The molecule has 4 nitrogen and oxygen atoms in total. The topological polar surface area (TPSA) is 42.4 Å². The summed E-state index contributed by atoms with van der Waals surface area (Å²) < 4.78 is 6.02. The number of rotatable bonds is 4. The quantitative estimate of drug-likeness (QED) is 0.304. The van der Waals surface area contributed by atoms with Crippen molar-refractivity contribution in [1.82, 2.24) is 9.88 Å². The number of amides is 1. The highest BCUT2D eigenvalue weighted by atomic mass is 16.6. The molecule has 1 aromatic heterocycles. The van der Waals surface area contributed by atoms with E-state index in [0.717, 1.165) is 31.2 Å². The van der Waals surface area contributed by atoms with E-state index >= 15 is 0 Å². The van der Waals surface area contributed by atoms with Crippen LogP contribution in [0.25, 0.3) is 22.0 Å². The monoisotopic (exact) mass is 472 g/mol. The van der Waals surface area contributed by atoms with Gasteiger partial charge in [-0.25, -0.2) is 4.79 Å². The highest BCUT2D eigenvalue weighted by molar-refractivity contribution is 5.82. The van der Waals surface area contributed by atoms with Crippen molar-refractivity contribution in [3.05, 3.63) is 113 Å². The number of nitrogens with zero attached hydrogens (tertiary/aromatic N) is 2. The van der Waals surface area contributed by atoms with E-state index in [4.69, 9.17) is 4.74 Å². The Morgan fingerprint density at radius 2 is 1.64 bits per heavy atom. The Hall–Kier alpha value is -3.92. The number of pyridine rings is 1. The molecule has 0 spiro atoms. The highest BCUT2D eigenvalue weighted by Gasteiger charge is 2.41. The first-order chi connectivity index (χ1) is 17.8. The summed E-state index contributed by atoms with van der Waals surface area (Å²) in [5.41, 5.74) is 8.74. The van der Waals surface area contributed by atoms with Crippen molar-refractivity contribution < 1.29 is 9.53 Å². The molecule has 2 aliphatic heterocycles. The number of ether oxygens (including phenoxy) is 1. The summed E-state index contributed by atoms with van der Waals surface area (Å²) >= 11 is 0. The Bertz CT molecular complexity index is 1460. The largest absolute Gasteiger partial charge is 0.448 e. The van der Waals surface area contributed by atoms with Crippen LogP contribution in [0.3, 0.4) is 0 Å². The van der Waals surface area contributed by atoms with Gasteiger partial charge in [0, 0.05) is 23.5 Å².